The smallest absolute Gasteiger partial charge is 0.410 e. The van der Waals surface area contributed by atoms with E-state index in [9.17, 15) is 24.0 Å². The van der Waals surface area contributed by atoms with Gasteiger partial charge in [0.15, 0.2) is 0 Å². The topological polar surface area (TPSA) is 178 Å². The molecule has 2 aromatic rings. The van der Waals surface area contributed by atoms with Gasteiger partial charge in [0, 0.05) is 37.6 Å². The molecule has 2 saturated heterocycles. The highest BCUT2D eigenvalue weighted by molar-refractivity contribution is 5.99. The van der Waals surface area contributed by atoms with Gasteiger partial charge in [-0.05, 0) is 133 Å². The Morgan fingerprint density at radius 3 is 1.66 bits per heavy atom. The molecular weight excluding hydrogens is 680 g/mol. The molecule has 0 atom stereocenters. The Morgan fingerprint density at radius 2 is 1.23 bits per heavy atom. The first kappa shape index (κ1) is 39.1. The number of esters is 2. The number of ether oxygens (including phenoxy) is 3. The number of fused-ring (bicyclic) bond motifs is 2. The molecule has 53 heavy (non-hydrogen) atoms. The highest BCUT2D eigenvalue weighted by atomic mass is 16.6. The van der Waals surface area contributed by atoms with Crippen LogP contribution in [0.4, 0.5) is 16.4 Å². The molecule has 0 aliphatic carbocycles. The first-order valence-electron chi connectivity index (χ1n) is 18.2. The number of piperidine rings is 2. The molecular formula is C39H50N6O8. The summed E-state index contributed by atoms with van der Waals surface area (Å²) in [6.07, 6.45) is 13.0. The van der Waals surface area contributed by atoms with Crippen molar-refractivity contribution in [1.29, 1.82) is 0 Å². The molecule has 0 unspecified atom stereocenters. The van der Waals surface area contributed by atoms with E-state index >= 15 is 0 Å². The van der Waals surface area contributed by atoms with Gasteiger partial charge in [-0.25, -0.2) is 24.4 Å². The largest absolute Gasteiger partial charge is 0.463 e. The number of hydrogen-bond acceptors (Lipinski definition) is 11. The van der Waals surface area contributed by atoms with Gasteiger partial charge in [0.1, 0.15) is 17.2 Å². The van der Waals surface area contributed by atoms with E-state index in [4.69, 9.17) is 14.2 Å². The molecule has 4 aliphatic heterocycles. The molecule has 0 aromatic carbocycles. The van der Waals surface area contributed by atoms with Gasteiger partial charge in [-0.2, -0.15) is 0 Å². The summed E-state index contributed by atoms with van der Waals surface area (Å²) >= 11 is 0. The number of pyridine rings is 2. The second-order valence-corrected chi connectivity index (χ2v) is 14.8. The maximum absolute atomic E-state index is 12.9. The van der Waals surface area contributed by atoms with Gasteiger partial charge < -0.3 is 35.1 Å². The number of amides is 3. The zero-order valence-corrected chi connectivity index (χ0v) is 31.2. The molecule has 2 spiro atoms. The number of carbonyl (C=O) groups is 5. The maximum Gasteiger partial charge on any atom is 0.410 e. The summed E-state index contributed by atoms with van der Waals surface area (Å²) in [6, 6.07) is 3.92. The van der Waals surface area contributed by atoms with Gasteiger partial charge in [-0.1, -0.05) is 0 Å². The molecule has 3 amide bonds. The van der Waals surface area contributed by atoms with Crippen LogP contribution < -0.4 is 16.0 Å². The first-order chi connectivity index (χ1) is 25.2. The molecule has 0 saturated carbocycles. The van der Waals surface area contributed by atoms with Crippen LogP contribution in [-0.4, -0.2) is 89.7 Å². The molecule has 4 aliphatic rings. The molecule has 6 rings (SSSR count). The molecule has 0 bridgehead atoms. The number of rotatable bonds is 6. The van der Waals surface area contributed by atoms with Gasteiger partial charge in [0.05, 0.1) is 24.0 Å². The Balaban J connectivity index is 0.000000211. The molecule has 2 aromatic heterocycles. The van der Waals surface area contributed by atoms with Crippen molar-refractivity contribution in [3.63, 3.8) is 0 Å². The van der Waals surface area contributed by atoms with E-state index in [0.717, 1.165) is 48.2 Å². The van der Waals surface area contributed by atoms with Crippen LogP contribution in [0.1, 0.15) is 82.6 Å². The lowest BCUT2D eigenvalue weighted by molar-refractivity contribution is -0.138. The minimum absolute atomic E-state index is 0.0545. The average molecular weight is 731 g/mol. The van der Waals surface area contributed by atoms with E-state index in [1.165, 1.54) is 12.2 Å². The zero-order valence-electron chi connectivity index (χ0n) is 31.2. The number of hydrogen-bond donors (Lipinski definition) is 3. The van der Waals surface area contributed by atoms with Gasteiger partial charge in [0.25, 0.3) is 0 Å². The number of nitrogens with one attached hydrogen (secondary N) is 3. The Hall–Kier alpha value is -5.11. The van der Waals surface area contributed by atoms with Crippen LogP contribution in [0.3, 0.4) is 0 Å². The van der Waals surface area contributed by atoms with Crippen molar-refractivity contribution in [2.45, 2.75) is 78.7 Å². The number of nitrogens with zero attached hydrogens (tertiary/aromatic N) is 3. The van der Waals surface area contributed by atoms with E-state index < -0.39 is 17.0 Å². The quantitative estimate of drug-likeness (QED) is 0.213. The summed E-state index contributed by atoms with van der Waals surface area (Å²) in [6.45, 7) is 12.4. The highest BCUT2D eigenvalue weighted by Crippen LogP contribution is 2.42. The van der Waals surface area contributed by atoms with E-state index in [0.29, 0.717) is 63.6 Å². The molecule has 2 fully saturated rings. The Labute approximate surface area is 310 Å². The van der Waals surface area contributed by atoms with Gasteiger partial charge >= 0.3 is 18.0 Å². The molecule has 14 heteroatoms. The fourth-order valence-electron chi connectivity index (χ4n) is 6.97. The zero-order chi connectivity index (χ0) is 38.2. The maximum atomic E-state index is 12.9. The molecule has 6 heterocycles. The Kier molecular flexibility index (Phi) is 12.3. The minimum Gasteiger partial charge on any atom is -0.463 e. The van der Waals surface area contributed by atoms with E-state index in [2.05, 4.69) is 25.9 Å². The van der Waals surface area contributed by atoms with E-state index in [-0.39, 0.29) is 29.3 Å². The summed E-state index contributed by atoms with van der Waals surface area (Å²) in [4.78, 5) is 70.9. The van der Waals surface area contributed by atoms with E-state index in [1.807, 2.05) is 32.9 Å². The van der Waals surface area contributed by atoms with Crippen molar-refractivity contribution in [1.82, 2.24) is 20.2 Å². The van der Waals surface area contributed by atoms with Crippen molar-refractivity contribution in [2.24, 2.45) is 10.8 Å². The van der Waals surface area contributed by atoms with Crippen molar-refractivity contribution in [2.75, 3.05) is 50.0 Å². The minimum atomic E-state index is -0.573. The SMILES string of the molecule is CCOC(=O)/C=C/c1cnc2c(c1)CC1(CCN(C(=O)OC(C)(C)C)CC1)C(=O)N2.CCOC(=O)/C=C/c1cnc2c(c1)CC1(CCNCC1)C(=O)N2. The predicted octanol–water partition coefficient (Wildman–Crippen LogP) is 4.69. The van der Waals surface area contributed by atoms with Crippen molar-refractivity contribution >= 4 is 53.6 Å². The number of anilines is 2. The molecule has 3 N–H and O–H groups in total. The second-order valence-electron chi connectivity index (χ2n) is 14.8. The van der Waals surface area contributed by atoms with Crippen LogP contribution in [0.15, 0.2) is 36.7 Å². The summed E-state index contributed by atoms with van der Waals surface area (Å²) < 4.78 is 15.2. The van der Waals surface area contributed by atoms with Gasteiger partial charge in [-0.3, -0.25) is 9.59 Å². The third-order valence-corrected chi connectivity index (χ3v) is 9.79. The van der Waals surface area contributed by atoms with Crippen LogP contribution in [0.2, 0.25) is 0 Å². The fraction of sp³-hybridized carbons (Fsp3) is 0.513. The monoisotopic (exact) mass is 730 g/mol. The number of likely N-dealkylation sites (tertiary alicyclic amines) is 1. The molecule has 0 radical (unpaired) electrons. The Morgan fingerprint density at radius 1 is 0.774 bits per heavy atom. The number of aromatic nitrogens is 2. The van der Waals surface area contributed by atoms with Crippen LogP contribution in [-0.2, 0) is 46.2 Å². The second kappa shape index (κ2) is 16.7. The fourth-order valence-corrected chi connectivity index (χ4v) is 6.97. The third-order valence-electron chi connectivity index (χ3n) is 9.79. The van der Waals surface area contributed by atoms with Crippen molar-refractivity contribution in [3.05, 3.63) is 58.9 Å². The van der Waals surface area contributed by atoms with Crippen molar-refractivity contribution < 1.29 is 38.2 Å². The van der Waals surface area contributed by atoms with Crippen molar-refractivity contribution in [3.8, 4) is 0 Å². The standard InChI is InChI=1S/C22H29N3O5.C17H21N3O3/c1-5-29-17(26)7-6-15-12-16-13-22(19(27)24-18(16)23-14-15)8-10-25(11-9-22)20(28)30-21(2,3)4;1-2-23-14(21)4-3-12-9-13-10-17(5-7-18-8-6-17)16(22)20-15(13)19-11-12/h6-7,12,14H,5,8-11,13H2,1-4H3,(H,23,24,27);3-4,9,11,18H,2,5-8,10H2,1H3,(H,19,20,22)/b7-6+;4-3+. The number of carbonyl (C=O) groups excluding carboxylic acids is 5. The van der Waals surface area contributed by atoms with E-state index in [1.54, 1.807) is 43.3 Å². The lowest BCUT2D eigenvalue weighted by atomic mass is 9.71. The lowest BCUT2D eigenvalue weighted by Crippen LogP contribution is -2.51. The highest BCUT2D eigenvalue weighted by Gasteiger charge is 2.46. The molecule has 14 nitrogen and oxygen atoms in total. The Bertz CT molecular complexity index is 1770. The molecule has 284 valence electrons. The van der Waals surface area contributed by atoms with Gasteiger partial charge in [0.2, 0.25) is 11.8 Å². The average Bonchev–Trinajstić information content (AvgIpc) is 3.11. The normalized spacial score (nSPS) is 18.7. The summed E-state index contributed by atoms with van der Waals surface area (Å²) in [5.41, 5.74) is 2.09. The first-order valence-corrected chi connectivity index (χ1v) is 18.2. The third kappa shape index (κ3) is 9.86. The predicted molar refractivity (Wildman–Crippen MR) is 198 cm³/mol. The van der Waals surface area contributed by atoms with Crippen LogP contribution in [0.25, 0.3) is 12.2 Å². The summed E-state index contributed by atoms with van der Waals surface area (Å²) in [7, 11) is 0. The van der Waals surface area contributed by atoms with Gasteiger partial charge in [-0.15, -0.1) is 0 Å². The summed E-state index contributed by atoms with van der Waals surface area (Å²) in [5, 5.41) is 9.15. The lowest BCUT2D eigenvalue weighted by Gasteiger charge is -2.43. The van der Waals surface area contributed by atoms with Crippen LogP contribution >= 0.6 is 0 Å². The van der Waals surface area contributed by atoms with Crippen LogP contribution in [0, 0.1) is 10.8 Å². The summed E-state index contributed by atoms with van der Waals surface area (Å²) in [5.74, 6) is 0.429. The van der Waals surface area contributed by atoms with Crippen LogP contribution in [0.5, 0.6) is 0 Å².